The average molecular weight is 409 g/mol. The Morgan fingerprint density at radius 2 is 1.63 bits per heavy atom. The molecule has 0 bridgehead atoms. The zero-order valence-electron chi connectivity index (χ0n) is 15.3. The van der Waals surface area contributed by atoms with Gasteiger partial charge in [0.25, 0.3) is 0 Å². The van der Waals surface area contributed by atoms with Gasteiger partial charge in [0.05, 0.1) is 0 Å². The van der Waals surface area contributed by atoms with Crippen LogP contribution in [0.2, 0.25) is 0 Å². The number of para-hydroxylation sites is 1. The number of aliphatic carboxylic acids is 1. The SMILES string of the molecule is O=C(O)C(CCCc1ccc(N(CCCl)CCCl)cc1)Nc1ccccc1. The normalized spacial score (nSPS) is 11.8. The van der Waals surface area contributed by atoms with Crippen LogP contribution in [0.25, 0.3) is 0 Å². The van der Waals surface area contributed by atoms with E-state index in [0.29, 0.717) is 18.2 Å². The number of nitrogens with one attached hydrogen (secondary N) is 1. The van der Waals surface area contributed by atoms with E-state index in [1.54, 1.807) is 0 Å². The number of benzene rings is 2. The Balaban J connectivity index is 1.86. The zero-order chi connectivity index (χ0) is 19.5. The van der Waals surface area contributed by atoms with E-state index in [2.05, 4.69) is 34.5 Å². The maximum atomic E-state index is 11.5. The van der Waals surface area contributed by atoms with Crippen LogP contribution in [-0.2, 0) is 11.2 Å². The molecule has 0 amide bonds. The van der Waals surface area contributed by atoms with Crippen molar-refractivity contribution in [2.24, 2.45) is 0 Å². The number of alkyl halides is 2. The van der Waals surface area contributed by atoms with E-state index in [9.17, 15) is 9.90 Å². The van der Waals surface area contributed by atoms with Crippen LogP contribution in [0.15, 0.2) is 54.6 Å². The van der Waals surface area contributed by atoms with Gasteiger partial charge < -0.3 is 15.3 Å². The lowest BCUT2D eigenvalue weighted by Gasteiger charge is -2.23. The van der Waals surface area contributed by atoms with E-state index >= 15 is 0 Å². The van der Waals surface area contributed by atoms with E-state index in [4.69, 9.17) is 23.2 Å². The first-order valence-corrected chi connectivity index (χ1v) is 10.2. The molecule has 0 aliphatic rings. The Labute approximate surface area is 171 Å². The molecule has 0 fully saturated rings. The van der Waals surface area contributed by atoms with Crippen LogP contribution in [0.4, 0.5) is 11.4 Å². The van der Waals surface area contributed by atoms with Crippen LogP contribution in [0.1, 0.15) is 18.4 Å². The van der Waals surface area contributed by atoms with Gasteiger partial charge >= 0.3 is 5.97 Å². The molecule has 146 valence electrons. The van der Waals surface area contributed by atoms with Crippen molar-refractivity contribution in [2.45, 2.75) is 25.3 Å². The number of anilines is 2. The van der Waals surface area contributed by atoms with E-state index in [1.807, 2.05) is 30.3 Å². The van der Waals surface area contributed by atoms with Gasteiger partial charge in [-0.2, -0.15) is 0 Å². The smallest absolute Gasteiger partial charge is 0.326 e. The molecule has 2 aromatic rings. The second kappa shape index (κ2) is 11.7. The van der Waals surface area contributed by atoms with Gasteiger partial charge in [0, 0.05) is 36.2 Å². The molecule has 0 spiro atoms. The first-order chi connectivity index (χ1) is 13.1. The minimum Gasteiger partial charge on any atom is -0.480 e. The fourth-order valence-electron chi connectivity index (χ4n) is 2.95. The fraction of sp³-hybridized carbons (Fsp3) is 0.381. The van der Waals surface area contributed by atoms with E-state index in [0.717, 1.165) is 37.3 Å². The van der Waals surface area contributed by atoms with Crippen molar-refractivity contribution in [1.82, 2.24) is 0 Å². The summed E-state index contributed by atoms with van der Waals surface area (Å²) >= 11 is 11.7. The highest BCUT2D eigenvalue weighted by Crippen LogP contribution is 2.18. The standard InChI is InChI=1S/C21H26Cl2N2O2/c22-13-15-25(16-14-23)19-11-9-17(10-12-19)5-4-8-20(21(26)27)24-18-6-2-1-3-7-18/h1-3,6-7,9-12,20,24H,4-5,8,13-16H2,(H,26,27). The Kier molecular flexibility index (Phi) is 9.29. The number of halogens is 2. The molecule has 2 rings (SSSR count). The molecule has 6 heteroatoms. The number of carboxylic acid groups (broad SMARTS) is 1. The topological polar surface area (TPSA) is 52.6 Å². The third-order valence-corrected chi connectivity index (χ3v) is 4.72. The van der Waals surface area contributed by atoms with Crippen molar-refractivity contribution in [3.63, 3.8) is 0 Å². The predicted octanol–water partition coefficient (Wildman–Crippen LogP) is 4.86. The maximum Gasteiger partial charge on any atom is 0.326 e. The van der Waals surface area contributed by atoms with Crippen LogP contribution >= 0.6 is 23.2 Å². The molecule has 0 aliphatic carbocycles. The van der Waals surface area contributed by atoms with Crippen LogP contribution in [-0.4, -0.2) is 42.0 Å². The van der Waals surface area contributed by atoms with Gasteiger partial charge in [-0.1, -0.05) is 30.3 Å². The summed E-state index contributed by atoms with van der Waals surface area (Å²) in [5.74, 6) is 0.291. The molecule has 0 heterocycles. The molecule has 27 heavy (non-hydrogen) atoms. The summed E-state index contributed by atoms with van der Waals surface area (Å²) in [6.07, 6.45) is 2.20. The monoisotopic (exact) mass is 408 g/mol. The lowest BCUT2D eigenvalue weighted by atomic mass is 10.0. The number of carbonyl (C=O) groups is 1. The summed E-state index contributed by atoms with van der Waals surface area (Å²) in [6.45, 7) is 1.53. The van der Waals surface area contributed by atoms with Gasteiger partial charge in [-0.15, -0.1) is 23.2 Å². The summed E-state index contributed by atoms with van der Waals surface area (Å²) < 4.78 is 0. The molecule has 0 saturated carbocycles. The zero-order valence-corrected chi connectivity index (χ0v) is 16.8. The van der Waals surface area contributed by atoms with Gasteiger partial charge in [0.1, 0.15) is 6.04 Å². The molecule has 2 aromatic carbocycles. The van der Waals surface area contributed by atoms with Gasteiger partial charge in [0.15, 0.2) is 0 Å². The van der Waals surface area contributed by atoms with E-state index < -0.39 is 12.0 Å². The minimum absolute atomic E-state index is 0.559. The molecule has 0 aromatic heterocycles. The molecular formula is C21H26Cl2N2O2. The summed E-state index contributed by atoms with van der Waals surface area (Å²) in [5.41, 5.74) is 3.13. The quantitative estimate of drug-likeness (QED) is 0.492. The third-order valence-electron chi connectivity index (χ3n) is 4.38. The van der Waals surface area contributed by atoms with Crippen LogP contribution in [0.3, 0.4) is 0 Å². The van der Waals surface area contributed by atoms with E-state index in [1.165, 1.54) is 5.56 Å². The van der Waals surface area contributed by atoms with Gasteiger partial charge in [-0.05, 0) is 49.1 Å². The molecule has 1 atom stereocenters. The molecule has 0 radical (unpaired) electrons. The Morgan fingerprint density at radius 1 is 1.00 bits per heavy atom. The number of rotatable bonds is 12. The van der Waals surface area contributed by atoms with Gasteiger partial charge in [0.2, 0.25) is 0 Å². The summed E-state index contributed by atoms with van der Waals surface area (Å²) in [4.78, 5) is 13.7. The number of carboxylic acids is 1. The first-order valence-electron chi connectivity index (χ1n) is 9.14. The number of hydrogen-bond acceptors (Lipinski definition) is 3. The highest BCUT2D eigenvalue weighted by molar-refractivity contribution is 6.18. The second-order valence-corrected chi connectivity index (χ2v) is 7.08. The number of nitrogens with zero attached hydrogens (tertiary/aromatic N) is 1. The van der Waals surface area contributed by atoms with Gasteiger partial charge in [-0.3, -0.25) is 0 Å². The Bertz CT molecular complexity index is 674. The molecule has 2 N–H and O–H groups in total. The van der Waals surface area contributed by atoms with Crippen molar-refractivity contribution in [2.75, 3.05) is 35.1 Å². The number of hydrogen-bond donors (Lipinski definition) is 2. The van der Waals surface area contributed by atoms with Crippen LogP contribution < -0.4 is 10.2 Å². The summed E-state index contributed by atoms with van der Waals surface area (Å²) in [6, 6.07) is 17.2. The molecule has 0 saturated heterocycles. The summed E-state index contributed by atoms with van der Waals surface area (Å²) in [7, 11) is 0. The first kappa shape index (κ1) is 21.4. The largest absolute Gasteiger partial charge is 0.480 e. The van der Waals surface area contributed by atoms with Crippen LogP contribution in [0.5, 0.6) is 0 Å². The molecule has 4 nitrogen and oxygen atoms in total. The minimum atomic E-state index is -0.827. The van der Waals surface area contributed by atoms with Crippen molar-refractivity contribution in [3.8, 4) is 0 Å². The fourth-order valence-corrected chi connectivity index (χ4v) is 3.36. The second-order valence-electron chi connectivity index (χ2n) is 6.32. The third kappa shape index (κ3) is 7.31. The molecular weight excluding hydrogens is 383 g/mol. The summed E-state index contributed by atoms with van der Waals surface area (Å²) in [5, 5.41) is 12.5. The van der Waals surface area contributed by atoms with Crippen molar-refractivity contribution in [3.05, 3.63) is 60.2 Å². The van der Waals surface area contributed by atoms with Gasteiger partial charge in [-0.25, -0.2) is 4.79 Å². The Hall–Kier alpha value is -1.91. The van der Waals surface area contributed by atoms with Crippen molar-refractivity contribution < 1.29 is 9.90 Å². The lowest BCUT2D eigenvalue weighted by Crippen LogP contribution is -2.29. The number of aryl methyl sites for hydroxylation is 1. The van der Waals surface area contributed by atoms with E-state index in [-0.39, 0.29) is 0 Å². The average Bonchev–Trinajstić information content (AvgIpc) is 2.68. The van der Waals surface area contributed by atoms with Crippen LogP contribution in [0, 0.1) is 0 Å². The predicted molar refractivity (Wildman–Crippen MR) is 115 cm³/mol. The molecule has 1 unspecified atom stereocenters. The van der Waals surface area contributed by atoms with Crippen molar-refractivity contribution in [1.29, 1.82) is 0 Å². The maximum absolute atomic E-state index is 11.5. The van der Waals surface area contributed by atoms with Crippen molar-refractivity contribution >= 4 is 40.5 Å². The lowest BCUT2D eigenvalue weighted by molar-refractivity contribution is -0.138. The molecule has 0 aliphatic heterocycles. The highest BCUT2D eigenvalue weighted by Gasteiger charge is 2.16. The Morgan fingerprint density at radius 3 is 2.19 bits per heavy atom. The highest BCUT2D eigenvalue weighted by atomic mass is 35.5.